The maximum atomic E-state index is 13.0. The van der Waals surface area contributed by atoms with E-state index in [-0.39, 0.29) is 24.7 Å². The van der Waals surface area contributed by atoms with Crippen LogP contribution in [0, 0.1) is 0 Å². The number of likely N-dealkylation sites (tertiary alicyclic amines) is 1. The number of carbonyl (C=O) groups is 1. The van der Waals surface area contributed by atoms with Crippen molar-refractivity contribution >= 4 is 17.5 Å². The Hall–Kier alpha value is -2.13. The Morgan fingerprint density at radius 3 is 2.85 bits per heavy atom. The molecule has 3 unspecified atom stereocenters. The minimum absolute atomic E-state index is 0.107. The largest absolute Gasteiger partial charge is 0.451 e. The Morgan fingerprint density at radius 2 is 2.15 bits per heavy atom. The number of hydrogen-bond donors (Lipinski definition) is 1. The first-order valence-electron chi connectivity index (χ1n) is 8.55. The first kappa shape index (κ1) is 18.2. The minimum atomic E-state index is -4.55. The maximum Gasteiger partial charge on any atom is 0.451 e. The van der Waals surface area contributed by atoms with Gasteiger partial charge in [0.25, 0.3) is 0 Å². The van der Waals surface area contributed by atoms with Gasteiger partial charge in [-0.3, -0.25) is 4.79 Å². The molecule has 3 atom stereocenters. The monoisotopic (exact) mass is 399 g/mol. The molecule has 2 aliphatic rings. The van der Waals surface area contributed by atoms with Crippen molar-refractivity contribution in [2.45, 2.75) is 43.6 Å². The van der Waals surface area contributed by atoms with Crippen LogP contribution in [0.3, 0.4) is 0 Å². The summed E-state index contributed by atoms with van der Waals surface area (Å²) in [5.74, 6) is -0.968. The Morgan fingerprint density at radius 1 is 1.37 bits per heavy atom. The second kappa shape index (κ2) is 6.49. The maximum absolute atomic E-state index is 13.0. The van der Waals surface area contributed by atoms with Gasteiger partial charge in [0, 0.05) is 24.0 Å². The summed E-state index contributed by atoms with van der Waals surface area (Å²) in [4.78, 5) is 14.2. The number of carbonyl (C=O) groups excluding carboxylic acids is 1. The van der Waals surface area contributed by atoms with Crippen LogP contribution in [0.1, 0.15) is 42.1 Å². The lowest BCUT2D eigenvalue weighted by Gasteiger charge is -2.28. The van der Waals surface area contributed by atoms with Gasteiger partial charge in [-0.25, -0.2) is 0 Å². The lowest BCUT2D eigenvalue weighted by atomic mass is 10.0. The topological polar surface area (TPSA) is 77.0 Å². The van der Waals surface area contributed by atoms with Gasteiger partial charge in [-0.05, 0) is 30.5 Å². The molecular formula is C17H17ClF3N5O. The number of halogens is 4. The van der Waals surface area contributed by atoms with E-state index < -0.39 is 30.1 Å². The molecule has 2 aliphatic heterocycles. The van der Waals surface area contributed by atoms with Crippen molar-refractivity contribution < 1.29 is 18.0 Å². The number of alkyl halides is 3. The summed E-state index contributed by atoms with van der Waals surface area (Å²) in [6.45, 7) is 0.224. The zero-order valence-corrected chi connectivity index (χ0v) is 14.9. The molecule has 0 aliphatic carbocycles. The van der Waals surface area contributed by atoms with Crippen LogP contribution in [0.15, 0.2) is 24.3 Å². The van der Waals surface area contributed by atoms with E-state index in [4.69, 9.17) is 17.3 Å². The second-order valence-corrected chi connectivity index (χ2v) is 7.44. The quantitative estimate of drug-likeness (QED) is 0.857. The van der Waals surface area contributed by atoms with Crippen molar-refractivity contribution in [3.05, 3.63) is 46.5 Å². The average molecular weight is 400 g/mol. The summed E-state index contributed by atoms with van der Waals surface area (Å²) in [5, 5.41) is 7.57. The first-order valence-corrected chi connectivity index (χ1v) is 8.93. The van der Waals surface area contributed by atoms with Crippen LogP contribution in [0.4, 0.5) is 13.2 Å². The van der Waals surface area contributed by atoms with Gasteiger partial charge in [0.2, 0.25) is 11.7 Å². The number of aromatic nitrogens is 3. The summed E-state index contributed by atoms with van der Waals surface area (Å²) in [6.07, 6.45) is -3.52. The zero-order chi connectivity index (χ0) is 19.3. The van der Waals surface area contributed by atoms with Gasteiger partial charge in [-0.15, -0.1) is 10.2 Å². The first-order chi connectivity index (χ1) is 12.7. The van der Waals surface area contributed by atoms with Crippen molar-refractivity contribution in [3.8, 4) is 0 Å². The van der Waals surface area contributed by atoms with E-state index in [1.165, 1.54) is 0 Å². The van der Waals surface area contributed by atoms with E-state index in [0.717, 1.165) is 10.1 Å². The van der Waals surface area contributed by atoms with E-state index >= 15 is 0 Å². The number of rotatable bonds is 4. The number of hydrogen-bond acceptors (Lipinski definition) is 4. The highest BCUT2D eigenvalue weighted by Crippen LogP contribution is 2.47. The molecule has 1 amide bonds. The molecule has 27 heavy (non-hydrogen) atoms. The molecular weight excluding hydrogens is 383 g/mol. The molecule has 2 N–H and O–H groups in total. The summed E-state index contributed by atoms with van der Waals surface area (Å²) in [5.41, 5.74) is 7.04. The molecule has 144 valence electrons. The molecule has 1 saturated heterocycles. The fraction of sp³-hybridized carbons (Fsp3) is 0.471. The van der Waals surface area contributed by atoms with Gasteiger partial charge in [0.05, 0.1) is 12.1 Å². The molecule has 3 heterocycles. The highest BCUT2D eigenvalue weighted by atomic mass is 35.5. The third-order valence-electron chi connectivity index (χ3n) is 5.06. The van der Waals surface area contributed by atoms with Crippen LogP contribution in [0.25, 0.3) is 0 Å². The van der Waals surface area contributed by atoms with Crippen LogP contribution in [0.5, 0.6) is 0 Å². The third kappa shape index (κ3) is 3.29. The molecule has 6 nitrogen and oxygen atoms in total. The molecule has 1 fully saturated rings. The van der Waals surface area contributed by atoms with Crippen molar-refractivity contribution in [2.75, 3.05) is 6.54 Å². The van der Waals surface area contributed by atoms with Gasteiger partial charge in [-0.2, -0.15) is 13.2 Å². The fourth-order valence-corrected chi connectivity index (χ4v) is 4.20. The zero-order valence-electron chi connectivity index (χ0n) is 14.2. The fourth-order valence-electron chi connectivity index (χ4n) is 3.99. The Bertz CT molecular complexity index is 884. The lowest BCUT2D eigenvalue weighted by Crippen LogP contribution is -2.39. The Balaban J connectivity index is 1.43. The van der Waals surface area contributed by atoms with Gasteiger partial charge in [0.1, 0.15) is 0 Å². The van der Waals surface area contributed by atoms with Gasteiger partial charge in [0.15, 0.2) is 5.82 Å². The minimum Gasteiger partial charge on any atom is -0.330 e. The van der Waals surface area contributed by atoms with Crippen molar-refractivity contribution in [1.29, 1.82) is 0 Å². The molecule has 4 rings (SSSR count). The molecule has 0 saturated carbocycles. The van der Waals surface area contributed by atoms with Crippen molar-refractivity contribution in [1.82, 2.24) is 19.7 Å². The lowest BCUT2D eigenvalue weighted by molar-refractivity contribution is -0.148. The summed E-state index contributed by atoms with van der Waals surface area (Å²) in [7, 11) is 0. The third-order valence-corrected chi connectivity index (χ3v) is 5.30. The van der Waals surface area contributed by atoms with Crippen molar-refractivity contribution in [2.24, 2.45) is 5.73 Å². The predicted octanol–water partition coefficient (Wildman–Crippen LogP) is 2.74. The summed E-state index contributed by atoms with van der Waals surface area (Å²) < 4.78 is 40.2. The molecule has 1 aromatic heterocycles. The normalized spacial score (nSPS) is 22.2. The molecule has 2 aromatic rings. The number of nitrogens with two attached hydrogens (primary N) is 1. The predicted molar refractivity (Wildman–Crippen MR) is 90.9 cm³/mol. The second-order valence-electron chi connectivity index (χ2n) is 7.00. The number of benzene rings is 1. The van der Waals surface area contributed by atoms with Gasteiger partial charge < -0.3 is 15.2 Å². The summed E-state index contributed by atoms with van der Waals surface area (Å²) >= 11 is 5.95. The van der Waals surface area contributed by atoms with E-state index in [9.17, 15) is 18.0 Å². The van der Waals surface area contributed by atoms with Crippen molar-refractivity contribution in [3.63, 3.8) is 0 Å². The molecule has 0 radical (unpaired) electrons. The van der Waals surface area contributed by atoms with E-state index in [1.807, 2.05) is 12.1 Å². The highest BCUT2D eigenvalue weighted by molar-refractivity contribution is 6.30. The van der Waals surface area contributed by atoms with Crippen LogP contribution < -0.4 is 5.73 Å². The smallest absolute Gasteiger partial charge is 0.330 e. The Kier molecular flexibility index (Phi) is 4.38. The van der Waals surface area contributed by atoms with Gasteiger partial charge in [-0.1, -0.05) is 23.7 Å². The average Bonchev–Trinajstić information content (AvgIpc) is 3.25. The standard InChI is InChI=1S/C17H17ClF3N5O/c18-10-3-1-2-9(4-10)5-11(22)6-14(27)25-8-12-7-13(25)15-23-24-16(26(12)15)17(19,20)21/h1-4,11-13H,5-8,22H2. The Labute approximate surface area is 158 Å². The highest BCUT2D eigenvalue weighted by Gasteiger charge is 2.51. The SMILES string of the molecule is NC(CC(=O)N1CC2CC1c1nnc(C(F)(F)F)n12)Cc1cccc(Cl)c1. The number of amides is 1. The van der Waals surface area contributed by atoms with E-state index in [1.54, 1.807) is 17.0 Å². The summed E-state index contributed by atoms with van der Waals surface area (Å²) in [6, 6.07) is 5.94. The molecule has 10 heteroatoms. The number of fused-ring (bicyclic) bond motifs is 5. The van der Waals surface area contributed by atoms with Crippen LogP contribution >= 0.6 is 11.6 Å². The van der Waals surface area contributed by atoms with Crippen LogP contribution in [0.2, 0.25) is 5.02 Å². The van der Waals surface area contributed by atoms with Gasteiger partial charge >= 0.3 is 6.18 Å². The molecule has 1 aromatic carbocycles. The van der Waals surface area contributed by atoms with E-state index in [0.29, 0.717) is 17.9 Å². The number of nitrogens with zero attached hydrogens (tertiary/aromatic N) is 4. The van der Waals surface area contributed by atoms with Crippen LogP contribution in [-0.2, 0) is 17.4 Å². The molecule has 0 spiro atoms. The van der Waals surface area contributed by atoms with E-state index in [2.05, 4.69) is 10.2 Å². The molecule has 2 bridgehead atoms. The van der Waals surface area contributed by atoms with Crippen LogP contribution in [-0.4, -0.2) is 38.2 Å².